The van der Waals surface area contributed by atoms with Crippen LogP contribution in [-0.4, -0.2) is 42.3 Å². The fourth-order valence-corrected chi connectivity index (χ4v) is 8.58. The van der Waals surface area contributed by atoms with Gasteiger partial charge in [-0.25, -0.2) is 4.79 Å². The topological polar surface area (TPSA) is 93.1 Å². The zero-order chi connectivity index (χ0) is 27.3. The van der Waals surface area contributed by atoms with E-state index in [-0.39, 0.29) is 28.5 Å². The van der Waals surface area contributed by atoms with Crippen molar-refractivity contribution in [1.82, 2.24) is 4.90 Å². The molecule has 9 heteroatoms. The van der Waals surface area contributed by atoms with E-state index in [1.165, 1.54) is 4.90 Å². The van der Waals surface area contributed by atoms with E-state index in [0.717, 1.165) is 0 Å². The third kappa shape index (κ3) is 4.60. The highest BCUT2D eigenvalue weighted by molar-refractivity contribution is 7.74. The lowest BCUT2D eigenvalue weighted by Crippen LogP contribution is -2.65. The molecule has 198 valence electrons. The molecule has 1 amide bonds. The first kappa shape index (κ1) is 27.4. The molecule has 2 aliphatic rings. The first-order chi connectivity index (χ1) is 17.2. The van der Waals surface area contributed by atoms with Crippen LogP contribution in [0.4, 0.5) is 0 Å². The largest absolute Gasteiger partial charge is 0.476 e. The summed E-state index contributed by atoms with van der Waals surface area (Å²) in [4.78, 5) is 27.1. The number of carboxylic acid groups (broad SMARTS) is 1. The second kappa shape index (κ2) is 9.57. The number of carbonyl (C=O) groups is 2. The maximum atomic E-state index is 14.5. The van der Waals surface area contributed by atoms with Crippen molar-refractivity contribution in [3.8, 4) is 0 Å². The SMILES string of the molecule is C[C@@H](O[Si](C)(C)C(C)(C)C)[C@H]1C(=O)N2C(C(=O)O)=C(OP(=O)(c3ccccc3)c3ccccc3)[C@H](C)[C@H]12. The first-order valence-corrected chi connectivity index (χ1v) is 17.1. The molecule has 37 heavy (non-hydrogen) atoms. The highest BCUT2D eigenvalue weighted by atomic mass is 31.2. The van der Waals surface area contributed by atoms with Crippen LogP contribution in [0.2, 0.25) is 18.1 Å². The molecule has 0 radical (unpaired) electrons. The van der Waals surface area contributed by atoms with E-state index >= 15 is 0 Å². The Hall–Kier alpha value is -2.67. The van der Waals surface area contributed by atoms with Crippen molar-refractivity contribution in [3.05, 3.63) is 72.1 Å². The average Bonchev–Trinajstić information content (AvgIpc) is 3.07. The van der Waals surface area contributed by atoms with Gasteiger partial charge in [-0.2, -0.15) is 0 Å². The molecule has 1 saturated heterocycles. The van der Waals surface area contributed by atoms with Gasteiger partial charge in [0.15, 0.2) is 14.0 Å². The van der Waals surface area contributed by atoms with Gasteiger partial charge >= 0.3 is 13.3 Å². The summed E-state index contributed by atoms with van der Waals surface area (Å²) >= 11 is 0. The number of amides is 1. The maximum Gasteiger partial charge on any atom is 0.356 e. The second-order valence-corrected chi connectivity index (χ2v) is 18.5. The van der Waals surface area contributed by atoms with Gasteiger partial charge < -0.3 is 14.1 Å². The predicted octanol–water partition coefficient (Wildman–Crippen LogP) is 5.12. The number of hydrogen-bond acceptors (Lipinski definition) is 5. The highest BCUT2D eigenvalue weighted by Gasteiger charge is 2.62. The molecular formula is C28H36NO6PSi. The van der Waals surface area contributed by atoms with Crippen LogP contribution in [0.25, 0.3) is 0 Å². The van der Waals surface area contributed by atoms with E-state index in [1.54, 1.807) is 48.5 Å². The lowest BCUT2D eigenvalue weighted by atomic mass is 9.79. The Bertz CT molecular complexity index is 1230. The zero-order valence-electron chi connectivity index (χ0n) is 22.5. The van der Waals surface area contributed by atoms with Crippen LogP contribution in [0.1, 0.15) is 34.6 Å². The van der Waals surface area contributed by atoms with Gasteiger partial charge in [-0.1, -0.05) is 64.1 Å². The molecule has 4 rings (SSSR count). The van der Waals surface area contributed by atoms with Crippen LogP contribution in [0.3, 0.4) is 0 Å². The van der Waals surface area contributed by atoms with E-state index in [2.05, 4.69) is 33.9 Å². The van der Waals surface area contributed by atoms with Crippen LogP contribution in [0, 0.1) is 11.8 Å². The Labute approximate surface area is 220 Å². The Kier molecular flexibility index (Phi) is 7.08. The molecular weight excluding hydrogens is 505 g/mol. The van der Waals surface area contributed by atoms with Gasteiger partial charge in [0.1, 0.15) is 5.76 Å². The molecule has 7 nitrogen and oxygen atoms in total. The zero-order valence-corrected chi connectivity index (χ0v) is 24.4. The maximum absolute atomic E-state index is 14.5. The van der Waals surface area contributed by atoms with Crippen molar-refractivity contribution < 1.29 is 28.2 Å². The van der Waals surface area contributed by atoms with Crippen molar-refractivity contribution in [2.24, 2.45) is 11.8 Å². The van der Waals surface area contributed by atoms with E-state index in [4.69, 9.17) is 8.95 Å². The van der Waals surface area contributed by atoms with Gasteiger partial charge in [0.2, 0.25) is 5.91 Å². The van der Waals surface area contributed by atoms with E-state index in [9.17, 15) is 19.3 Å². The molecule has 2 aromatic rings. The van der Waals surface area contributed by atoms with Crippen LogP contribution in [0.5, 0.6) is 0 Å². The number of β-lactam (4-membered cyclic amide) rings is 1. The Balaban J connectivity index is 1.72. The Morgan fingerprint density at radius 1 is 1.03 bits per heavy atom. The number of fused-ring (bicyclic) bond motifs is 1. The summed E-state index contributed by atoms with van der Waals surface area (Å²) in [5.41, 5.74) is -0.231. The summed E-state index contributed by atoms with van der Waals surface area (Å²) in [6.45, 7) is 14.4. The summed E-state index contributed by atoms with van der Waals surface area (Å²) in [5, 5.41) is 11.0. The van der Waals surface area contributed by atoms with Gasteiger partial charge in [-0.15, -0.1) is 0 Å². The van der Waals surface area contributed by atoms with Crippen molar-refractivity contribution in [3.63, 3.8) is 0 Å². The summed E-state index contributed by atoms with van der Waals surface area (Å²) < 4.78 is 27.4. The van der Waals surface area contributed by atoms with Crippen LogP contribution in [0.15, 0.2) is 72.1 Å². The molecule has 0 aliphatic carbocycles. The van der Waals surface area contributed by atoms with Gasteiger partial charge in [0.25, 0.3) is 0 Å². The minimum absolute atomic E-state index is 0.0359. The summed E-state index contributed by atoms with van der Waals surface area (Å²) in [5.74, 6) is -2.48. The molecule has 2 aromatic carbocycles. The van der Waals surface area contributed by atoms with Gasteiger partial charge in [-0.3, -0.25) is 14.3 Å². The third-order valence-electron chi connectivity index (χ3n) is 8.00. The molecule has 0 unspecified atom stereocenters. The lowest BCUT2D eigenvalue weighted by molar-refractivity contribution is -0.162. The van der Waals surface area contributed by atoms with E-state index in [0.29, 0.717) is 10.6 Å². The fraction of sp³-hybridized carbons (Fsp3) is 0.429. The summed E-state index contributed by atoms with van der Waals surface area (Å²) in [6, 6.07) is 17.1. The molecule has 2 heterocycles. The molecule has 2 aliphatic heterocycles. The van der Waals surface area contributed by atoms with Crippen molar-refractivity contribution in [2.75, 3.05) is 0 Å². The standard InChI is InChI=1S/C28H36NO6PSi/c1-18-23-22(19(2)35-37(6,7)28(3,4)5)26(30)29(23)24(27(31)32)25(18)34-36(33,20-14-10-8-11-15-20)21-16-12-9-13-17-21/h8-19,22-23H,1-7H3,(H,31,32)/t18-,19-,22-,23-/m1/s1. The number of nitrogens with zero attached hydrogens (tertiary/aromatic N) is 1. The molecule has 0 bridgehead atoms. The molecule has 0 aromatic heterocycles. The van der Waals surface area contributed by atoms with Gasteiger partial charge in [-0.05, 0) is 49.3 Å². The van der Waals surface area contributed by atoms with Crippen LogP contribution in [-0.2, 0) is 23.1 Å². The fourth-order valence-electron chi connectivity index (χ4n) is 4.98. The number of rotatable bonds is 8. The normalized spacial score (nSPS) is 22.9. The molecule has 0 saturated carbocycles. The van der Waals surface area contributed by atoms with Gasteiger partial charge in [0.05, 0.1) is 28.7 Å². The average molecular weight is 542 g/mol. The lowest BCUT2D eigenvalue weighted by Gasteiger charge is -2.49. The predicted molar refractivity (Wildman–Crippen MR) is 147 cm³/mol. The van der Waals surface area contributed by atoms with E-state index in [1.807, 2.05) is 26.0 Å². The molecule has 1 N–H and O–H groups in total. The van der Waals surface area contributed by atoms with Crippen LogP contribution < -0.4 is 10.6 Å². The summed E-state index contributed by atoms with van der Waals surface area (Å²) in [6.07, 6.45) is -0.387. The highest BCUT2D eigenvalue weighted by Crippen LogP contribution is 2.55. The first-order valence-electron chi connectivity index (χ1n) is 12.6. The number of hydrogen-bond donors (Lipinski definition) is 1. The number of benzene rings is 2. The molecule has 4 atom stereocenters. The number of aliphatic carboxylic acids is 1. The minimum Gasteiger partial charge on any atom is -0.476 e. The monoisotopic (exact) mass is 541 g/mol. The quantitative estimate of drug-likeness (QED) is 0.284. The minimum atomic E-state index is -3.72. The van der Waals surface area contributed by atoms with Gasteiger partial charge in [0, 0.05) is 5.92 Å². The third-order valence-corrected chi connectivity index (χ3v) is 15.0. The van der Waals surface area contributed by atoms with E-state index < -0.39 is 39.5 Å². The van der Waals surface area contributed by atoms with Crippen molar-refractivity contribution >= 4 is 38.2 Å². The Morgan fingerprint density at radius 3 is 1.95 bits per heavy atom. The number of carbonyl (C=O) groups excluding carboxylic acids is 1. The summed E-state index contributed by atoms with van der Waals surface area (Å²) in [7, 11) is -5.88. The molecule has 1 fully saturated rings. The second-order valence-electron chi connectivity index (χ2n) is 11.4. The smallest absolute Gasteiger partial charge is 0.356 e. The molecule has 0 spiro atoms. The van der Waals surface area contributed by atoms with Crippen molar-refractivity contribution in [2.45, 2.75) is 64.9 Å². The van der Waals surface area contributed by atoms with Crippen LogP contribution >= 0.6 is 7.37 Å². The Morgan fingerprint density at radius 2 is 1.51 bits per heavy atom. The number of carboxylic acids is 1. The van der Waals surface area contributed by atoms with Crippen molar-refractivity contribution in [1.29, 1.82) is 0 Å².